The normalized spacial score (nSPS) is 10.8. The Morgan fingerprint density at radius 3 is 2.70 bits per heavy atom. The van der Waals surface area contributed by atoms with Gasteiger partial charge in [0.2, 0.25) is 5.91 Å². The number of rotatable bonds is 8. The van der Waals surface area contributed by atoms with E-state index in [1.165, 1.54) is 11.8 Å². The molecule has 9 heteroatoms. The number of halogens is 2. The molecule has 1 amide bonds. The number of carbonyl (C=O) groups is 1. The summed E-state index contributed by atoms with van der Waals surface area (Å²) >= 11 is 13.4. The van der Waals surface area contributed by atoms with Crippen molar-refractivity contribution in [1.29, 1.82) is 0 Å². The lowest BCUT2D eigenvalue weighted by atomic mass is 10.1. The number of aryl methyl sites for hydroxylation is 2. The molecule has 1 aromatic heterocycles. The van der Waals surface area contributed by atoms with Gasteiger partial charge < -0.3 is 14.6 Å². The van der Waals surface area contributed by atoms with Gasteiger partial charge in [0.25, 0.3) is 0 Å². The van der Waals surface area contributed by atoms with Crippen LogP contribution < -0.4 is 10.1 Å². The van der Waals surface area contributed by atoms with E-state index in [0.717, 1.165) is 16.8 Å². The first-order chi connectivity index (χ1) is 14.4. The minimum Gasteiger partial charge on any atom is -0.484 e. The first kappa shape index (κ1) is 22.5. The van der Waals surface area contributed by atoms with Crippen molar-refractivity contribution < 1.29 is 9.53 Å². The Kier molecular flexibility index (Phi) is 7.64. The number of amides is 1. The van der Waals surface area contributed by atoms with E-state index in [1.54, 1.807) is 18.2 Å². The number of nitrogens with one attached hydrogen (secondary N) is 1. The molecule has 0 unspecified atom stereocenters. The van der Waals surface area contributed by atoms with Crippen LogP contribution in [-0.2, 0) is 17.9 Å². The third-order valence-corrected chi connectivity index (χ3v) is 5.86. The van der Waals surface area contributed by atoms with E-state index in [0.29, 0.717) is 33.3 Å². The lowest BCUT2D eigenvalue weighted by Crippen LogP contribution is -2.15. The lowest BCUT2D eigenvalue weighted by Gasteiger charge is -2.11. The molecule has 3 aromatic rings. The first-order valence-corrected chi connectivity index (χ1v) is 11.1. The molecule has 0 bridgehead atoms. The van der Waals surface area contributed by atoms with E-state index >= 15 is 0 Å². The molecule has 0 saturated carbocycles. The summed E-state index contributed by atoms with van der Waals surface area (Å²) in [5.74, 6) is 1.31. The zero-order chi connectivity index (χ0) is 21.7. The van der Waals surface area contributed by atoms with Crippen LogP contribution >= 0.6 is 35.0 Å². The van der Waals surface area contributed by atoms with E-state index in [4.69, 9.17) is 27.9 Å². The van der Waals surface area contributed by atoms with Gasteiger partial charge >= 0.3 is 0 Å². The summed E-state index contributed by atoms with van der Waals surface area (Å²) < 4.78 is 7.68. The fraction of sp³-hybridized carbons (Fsp3) is 0.286. The van der Waals surface area contributed by atoms with Gasteiger partial charge in [0.1, 0.15) is 12.4 Å². The van der Waals surface area contributed by atoms with Gasteiger partial charge in [0, 0.05) is 17.3 Å². The Morgan fingerprint density at radius 2 is 1.97 bits per heavy atom. The fourth-order valence-corrected chi connectivity index (χ4v) is 4.06. The molecule has 0 atom stereocenters. The molecule has 6 nitrogen and oxygen atoms in total. The van der Waals surface area contributed by atoms with Crippen molar-refractivity contribution in [2.75, 3.05) is 11.1 Å². The molecule has 0 aliphatic heterocycles. The maximum atomic E-state index is 12.4. The number of carbonyl (C=O) groups excluding carboxylic acids is 1. The highest BCUT2D eigenvalue weighted by Crippen LogP contribution is 2.28. The van der Waals surface area contributed by atoms with Gasteiger partial charge in [-0.25, -0.2) is 0 Å². The Labute approximate surface area is 189 Å². The summed E-state index contributed by atoms with van der Waals surface area (Å²) in [5.41, 5.74) is 2.95. The van der Waals surface area contributed by atoms with Crippen LogP contribution in [0.1, 0.15) is 23.9 Å². The molecule has 2 aromatic carbocycles. The summed E-state index contributed by atoms with van der Waals surface area (Å²) in [6, 6.07) is 11.0. The number of hydrogen-bond donors (Lipinski definition) is 1. The van der Waals surface area contributed by atoms with E-state index in [2.05, 4.69) is 15.5 Å². The van der Waals surface area contributed by atoms with Crippen LogP contribution in [0.5, 0.6) is 5.75 Å². The van der Waals surface area contributed by atoms with Gasteiger partial charge in [-0.3, -0.25) is 4.79 Å². The second-order valence-electron chi connectivity index (χ2n) is 6.66. The second kappa shape index (κ2) is 10.2. The molecular formula is C21H22Cl2N4O2S. The van der Waals surface area contributed by atoms with Crippen LogP contribution in [0.3, 0.4) is 0 Å². The number of thioether (sulfide) groups is 1. The van der Waals surface area contributed by atoms with Crippen LogP contribution in [0.4, 0.5) is 5.69 Å². The number of aromatic nitrogens is 3. The molecule has 1 N–H and O–H groups in total. The molecule has 0 spiro atoms. The number of benzene rings is 2. The summed E-state index contributed by atoms with van der Waals surface area (Å²) in [7, 11) is 0. The van der Waals surface area contributed by atoms with Gasteiger partial charge in [0.05, 0.1) is 10.8 Å². The summed E-state index contributed by atoms with van der Waals surface area (Å²) in [4.78, 5) is 12.4. The largest absolute Gasteiger partial charge is 0.484 e. The Hall–Kier alpha value is -2.22. The van der Waals surface area contributed by atoms with Crippen LogP contribution in [0, 0.1) is 13.8 Å². The van der Waals surface area contributed by atoms with Crippen molar-refractivity contribution in [2.45, 2.75) is 39.1 Å². The molecule has 3 rings (SSSR count). The Balaban J connectivity index is 1.61. The highest BCUT2D eigenvalue weighted by Gasteiger charge is 2.15. The minimum atomic E-state index is -0.0925. The highest BCUT2D eigenvalue weighted by molar-refractivity contribution is 7.99. The molecule has 0 saturated heterocycles. The van der Waals surface area contributed by atoms with Crippen molar-refractivity contribution in [3.8, 4) is 5.75 Å². The first-order valence-electron chi connectivity index (χ1n) is 9.37. The summed E-state index contributed by atoms with van der Waals surface area (Å²) in [6.45, 7) is 6.81. The van der Waals surface area contributed by atoms with Crippen molar-refractivity contribution in [3.05, 3.63) is 63.4 Å². The van der Waals surface area contributed by atoms with Gasteiger partial charge in [0.15, 0.2) is 11.0 Å². The minimum absolute atomic E-state index is 0.0925. The predicted molar refractivity (Wildman–Crippen MR) is 122 cm³/mol. The summed E-state index contributed by atoms with van der Waals surface area (Å²) in [6.07, 6.45) is 0. The molecule has 0 radical (unpaired) electrons. The Bertz CT molecular complexity index is 1060. The van der Waals surface area contributed by atoms with Crippen molar-refractivity contribution in [3.63, 3.8) is 0 Å². The van der Waals surface area contributed by atoms with Gasteiger partial charge in [-0.05, 0) is 56.2 Å². The molecule has 0 aliphatic carbocycles. The smallest absolute Gasteiger partial charge is 0.234 e. The van der Waals surface area contributed by atoms with Gasteiger partial charge in [-0.15, -0.1) is 10.2 Å². The second-order valence-corrected chi connectivity index (χ2v) is 8.45. The summed E-state index contributed by atoms with van der Waals surface area (Å²) in [5, 5.41) is 13.0. The Morgan fingerprint density at radius 1 is 1.17 bits per heavy atom. The predicted octanol–water partition coefficient (Wildman–Crippen LogP) is 5.53. The number of ether oxygens (including phenoxy) is 1. The lowest BCUT2D eigenvalue weighted by molar-refractivity contribution is -0.113. The fourth-order valence-electron chi connectivity index (χ4n) is 2.77. The molecular weight excluding hydrogens is 443 g/mol. The monoisotopic (exact) mass is 464 g/mol. The SMILES string of the molecule is CCn1c(COc2ccc(Cl)cc2Cl)nnc1SCC(=O)Nc1cc(C)ccc1C. The zero-order valence-corrected chi connectivity index (χ0v) is 19.2. The van der Waals surface area contributed by atoms with Crippen LogP contribution in [0.2, 0.25) is 10.0 Å². The van der Waals surface area contributed by atoms with Crippen molar-refractivity contribution >= 4 is 46.6 Å². The molecule has 0 fully saturated rings. The number of anilines is 1. The van der Waals surface area contributed by atoms with Gasteiger partial charge in [-0.1, -0.05) is 47.1 Å². The van der Waals surface area contributed by atoms with E-state index in [-0.39, 0.29) is 18.3 Å². The quantitative estimate of drug-likeness (QED) is 0.443. The van der Waals surface area contributed by atoms with E-state index in [9.17, 15) is 4.79 Å². The highest BCUT2D eigenvalue weighted by atomic mass is 35.5. The molecule has 158 valence electrons. The molecule has 1 heterocycles. The van der Waals surface area contributed by atoms with Crippen molar-refractivity contribution in [1.82, 2.24) is 14.8 Å². The van der Waals surface area contributed by atoms with Gasteiger partial charge in [-0.2, -0.15) is 0 Å². The van der Waals surface area contributed by atoms with Crippen LogP contribution in [-0.4, -0.2) is 26.4 Å². The third kappa shape index (κ3) is 5.68. The van der Waals surface area contributed by atoms with Crippen molar-refractivity contribution in [2.24, 2.45) is 0 Å². The van der Waals surface area contributed by atoms with Crippen LogP contribution in [0.15, 0.2) is 41.6 Å². The topological polar surface area (TPSA) is 69.0 Å². The number of nitrogens with zero attached hydrogens (tertiary/aromatic N) is 3. The van der Waals surface area contributed by atoms with E-state index in [1.807, 2.05) is 43.5 Å². The average molecular weight is 465 g/mol. The number of hydrogen-bond acceptors (Lipinski definition) is 5. The molecule has 30 heavy (non-hydrogen) atoms. The average Bonchev–Trinajstić information content (AvgIpc) is 3.10. The standard InChI is InChI=1S/C21H22Cl2N4O2S/c1-4-27-19(11-29-18-8-7-15(22)10-16(18)23)25-26-21(27)30-12-20(28)24-17-9-13(2)5-6-14(17)3/h5-10H,4,11-12H2,1-3H3,(H,24,28). The third-order valence-electron chi connectivity index (χ3n) is 4.36. The molecule has 0 aliphatic rings. The maximum absolute atomic E-state index is 12.4. The van der Waals surface area contributed by atoms with E-state index < -0.39 is 0 Å². The van der Waals surface area contributed by atoms with Crippen LogP contribution in [0.25, 0.3) is 0 Å². The zero-order valence-electron chi connectivity index (χ0n) is 16.9. The maximum Gasteiger partial charge on any atom is 0.234 e.